The van der Waals surface area contributed by atoms with Crippen molar-refractivity contribution in [2.45, 2.75) is 25.7 Å². The number of halogens is 1. The Kier molecular flexibility index (Phi) is 1.76. The molecule has 0 aromatic heterocycles. The van der Waals surface area contributed by atoms with Crippen molar-refractivity contribution < 1.29 is 5.11 Å². The first kappa shape index (κ1) is 7.93. The number of hydrogen-bond donors (Lipinski definition) is 1. The first-order chi connectivity index (χ1) is 5.68. The molecule has 0 aliphatic heterocycles. The number of phenols is 1. The van der Waals surface area contributed by atoms with Crippen LogP contribution in [0.3, 0.4) is 0 Å². The second kappa shape index (κ2) is 2.67. The lowest BCUT2D eigenvalue weighted by molar-refractivity contribution is 0.470. The Morgan fingerprint density at radius 2 is 2.08 bits per heavy atom. The summed E-state index contributed by atoms with van der Waals surface area (Å²) in [4.78, 5) is 0. The van der Waals surface area contributed by atoms with Crippen LogP contribution < -0.4 is 0 Å². The number of rotatable bonds is 1. The van der Waals surface area contributed by atoms with Gasteiger partial charge in [0.2, 0.25) is 0 Å². The molecule has 0 amide bonds. The molecule has 0 heterocycles. The minimum Gasteiger partial charge on any atom is -0.508 e. The molecule has 0 atom stereocenters. The summed E-state index contributed by atoms with van der Waals surface area (Å²) in [7, 11) is 0. The summed E-state index contributed by atoms with van der Waals surface area (Å²) in [6.45, 7) is 1.86. The molecule has 0 bridgehead atoms. The quantitative estimate of drug-likeness (QED) is 0.707. The molecule has 0 radical (unpaired) electrons. The summed E-state index contributed by atoms with van der Waals surface area (Å²) in [5.74, 6) is 0.963. The van der Waals surface area contributed by atoms with Crippen molar-refractivity contribution >= 4 is 11.6 Å². The fourth-order valence-corrected chi connectivity index (χ4v) is 1.76. The average molecular weight is 183 g/mol. The SMILES string of the molecule is Cc1cc(Cl)c(C2CC2)cc1O. The standard InChI is InChI=1S/C10H11ClO/c1-6-4-9(11)8(5-10(6)12)7-2-3-7/h4-5,7,12H,2-3H2,1H3. The van der Waals surface area contributed by atoms with E-state index in [0.717, 1.165) is 16.1 Å². The maximum absolute atomic E-state index is 9.44. The van der Waals surface area contributed by atoms with Crippen LogP contribution in [0.2, 0.25) is 5.02 Å². The lowest BCUT2D eigenvalue weighted by Crippen LogP contribution is -1.83. The summed E-state index contributed by atoms with van der Waals surface area (Å²) >= 11 is 6.03. The maximum Gasteiger partial charge on any atom is 0.118 e. The number of phenolic OH excluding ortho intramolecular Hbond substituents is 1. The van der Waals surface area contributed by atoms with Gasteiger partial charge < -0.3 is 5.11 Å². The van der Waals surface area contributed by atoms with E-state index >= 15 is 0 Å². The Balaban J connectivity index is 2.47. The number of aromatic hydroxyl groups is 1. The first-order valence-corrected chi connectivity index (χ1v) is 4.55. The van der Waals surface area contributed by atoms with Gasteiger partial charge in [0.05, 0.1) is 0 Å². The van der Waals surface area contributed by atoms with Crippen LogP contribution in [0, 0.1) is 6.92 Å². The normalized spacial score (nSPS) is 16.5. The topological polar surface area (TPSA) is 20.2 Å². The van der Waals surface area contributed by atoms with Gasteiger partial charge in [0.1, 0.15) is 5.75 Å². The van der Waals surface area contributed by atoms with Crippen LogP contribution in [-0.4, -0.2) is 5.11 Å². The highest BCUT2D eigenvalue weighted by molar-refractivity contribution is 6.31. The number of benzene rings is 1. The third-order valence-corrected chi connectivity index (χ3v) is 2.66. The Labute approximate surface area is 77.0 Å². The summed E-state index contributed by atoms with van der Waals surface area (Å²) < 4.78 is 0. The van der Waals surface area contributed by atoms with Crippen molar-refractivity contribution in [1.82, 2.24) is 0 Å². The first-order valence-electron chi connectivity index (χ1n) is 4.17. The largest absolute Gasteiger partial charge is 0.508 e. The van der Waals surface area contributed by atoms with Gasteiger partial charge in [-0.15, -0.1) is 0 Å². The van der Waals surface area contributed by atoms with Gasteiger partial charge in [0.25, 0.3) is 0 Å². The Morgan fingerprint density at radius 3 is 2.67 bits per heavy atom. The van der Waals surface area contributed by atoms with Crippen LogP contribution in [0.15, 0.2) is 12.1 Å². The van der Waals surface area contributed by atoms with Crippen molar-refractivity contribution in [3.8, 4) is 5.75 Å². The molecular formula is C10H11ClO. The molecule has 0 spiro atoms. The maximum atomic E-state index is 9.44. The molecule has 1 aliphatic rings. The minimum absolute atomic E-state index is 0.362. The lowest BCUT2D eigenvalue weighted by atomic mass is 10.1. The van der Waals surface area contributed by atoms with Crippen molar-refractivity contribution in [3.63, 3.8) is 0 Å². The zero-order valence-corrected chi connectivity index (χ0v) is 7.73. The molecule has 2 rings (SSSR count). The van der Waals surface area contributed by atoms with Crippen LogP contribution >= 0.6 is 11.6 Å². The van der Waals surface area contributed by atoms with Gasteiger partial charge in [-0.1, -0.05) is 11.6 Å². The molecule has 64 valence electrons. The highest BCUT2D eigenvalue weighted by Gasteiger charge is 2.26. The minimum atomic E-state index is 0.362. The molecule has 12 heavy (non-hydrogen) atoms. The van der Waals surface area contributed by atoms with Crippen molar-refractivity contribution in [2.75, 3.05) is 0 Å². The summed E-state index contributed by atoms with van der Waals surface area (Å²) in [5, 5.41) is 10.2. The van der Waals surface area contributed by atoms with E-state index in [2.05, 4.69) is 0 Å². The Bertz CT molecular complexity index is 316. The zero-order chi connectivity index (χ0) is 8.72. The fraction of sp³-hybridized carbons (Fsp3) is 0.400. The predicted octanol–water partition coefficient (Wildman–Crippen LogP) is 3.23. The lowest BCUT2D eigenvalue weighted by Gasteiger charge is -2.05. The molecule has 1 nitrogen and oxygen atoms in total. The van der Waals surface area contributed by atoms with E-state index in [9.17, 15) is 5.11 Å². The van der Waals surface area contributed by atoms with E-state index in [4.69, 9.17) is 11.6 Å². The summed E-state index contributed by atoms with van der Waals surface area (Å²) in [6.07, 6.45) is 2.42. The van der Waals surface area contributed by atoms with E-state index in [0.29, 0.717) is 11.7 Å². The van der Waals surface area contributed by atoms with Crippen molar-refractivity contribution in [3.05, 3.63) is 28.3 Å². The molecule has 1 N–H and O–H groups in total. The second-order valence-corrected chi connectivity index (χ2v) is 3.84. The van der Waals surface area contributed by atoms with Crippen LogP contribution in [0.4, 0.5) is 0 Å². The van der Waals surface area contributed by atoms with E-state index in [1.54, 1.807) is 6.07 Å². The monoisotopic (exact) mass is 182 g/mol. The second-order valence-electron chi connectivity index (χ2n) is 3.43. The fourth-order valence-electron chi connectivity index (χ4n) is 1.38. The van der Waals surface area contributed by atoms with Crippen LogP contribution in [0.5, 0.6) is 5.75 Å². The van der Waals surface area contributed by atoms with Gasteiger partial charge in [0.15, 0.2) is 0 Å². The molecule has 0 saturated heterocycles. The van der Waals surface area contributed by atoms with Gasteiger partial charge >= 0.3 is 0 Å². The number of aryl methyl sites for hydroxylation is 1. The van der Waals surface area contributed by atoms with Gasteiger partial charge in [-0.3, -0.25) is 0 Å². The predicted molar refractivity (Wildman–Crippen MR) is 49.8 cm³/mol. The third kappa shape index (κ3) is 1.29. The van der Waals surface area contributed by atoms with E-state index in [1.165, 1.54) is 12.8 Å². The molecular weight excluding hydrogens is 172 g/mol. The highest BCUT2D eigenvalue weighted by atomic mass is 35.5. The molecule has 1 aromatic carbocycles. The van der Waals surface area contributed by atoms with Crippen LogP contribution in [0.1, 0.15) is 29.9 Å². The van der Waals surface area contributed by atoms with E-state index in [1.807, 2.05) is 13.0 Å². The molecule has 1 aromatic rings. The van der Waals surface area contributed by atoms with Gasteiger partial charge in [-0.25, -0.2) is 0 Å². The zero-order valence-electron chi connectivity index (χ0n) is 6.97. The third-order valence-electron chi connectivity index (χ3n) is 2.33. The van der Waals surface area contributed by atoms with Crippen molar-refractivity contribution in [2.24, 2.45) is 0 Å². The molecule has 0 unspecified atom stereocenters. The number of hydrogen-bond acceptors (Lipinski definition) is 1. The van der Waals surface area contributed by atoms with Crippen LogP contribution in [-0.2, 0) is 0 Å². The molecule has 1 saturated carbocycles. The van der Waals surface area contributed by atoms with Gasteiger partial charge in [0, 0.05) is 5.02 Å². The average Bonchev–Trinajstić information content (AvgIpc) is 2.79. The van der Waals surface area contributed by atoms with E-state index in [-0.39, 0.29) is 0 Å². The van der Waals surface area contributed by atoms with E-state index < -0.39 is 0 Å². The summed E-state index contributed by atoms with van der Waals surface area (Å²) in [5.41, 5.74) is 1.96. The van der Waals surface area contributed by atoms with Gasteiger partial charge in [-0.2, -0.15) is 0 Å². The Hall–Kier alpha value is -0.690. The highest BCUT2D eigenvalue weighted by Crippen LogP contribution is 2.44. The van der Waals surface area contributed by atoms with Crippen molar-refractivity contribution in [1.29, 1.82) is 0 Å². The van der Waals surface area contributed by atoms with Gasteiger partial charge in [-0.05, 0) is 48.9 Å². The molecule has 1 fully saturated rings. The van der Waals surface area contributed by atoms with Crippen LogP contribution in [0.25, 0.3) is 0 Å². The molecule has 2 heteroatoms. The smallest absolute Gasteiger partial charge is 0.118 e. The summed E-state index contributed by atoms with van der Waals surface area (Å²) in [6, 6.07) is 3.64. The Morgan fingerprint density at radius 1 is 1.42 bits per heavy atom. The molecule has 1 aliphatic carbocycles.